The van der Waals surface area contributed by atoms with E-state index in [1.54, 1.807) is 18.4 Å². The minimum atomic E-state index is 0.828. The first kappa shape index (κ1) is 12.6. The molecule has 0 atom stereocenters. The van der Waals surface area contributed by atoms with Crippen LogP contribution in [0.4, 0.5) is 0 Å². The fourth-order valence-corrected chi connectivity index (χ4v) is 3.28. The zero-order valence-electron chi connectivity index (χ0n) is 9.79. The summed E-state index contributed by atoms with van der Waals surface area (Å²) in [6, 6.07) is 6.19. The second kappa shape index (κ2) is 5.67. The Hall–Kier alpha value is -0.840. The summed E-state index contributed by atoms with van der Waals surface area (Å²) >= 11 is 5.28. The second-order valence-corrected chi connectivity index (χ2v) is 5.28. The molecule has 2 aromatic rings. The van der Waals surface area contributed by atoms with Gasteiger partial charge in [0.2, 0.25) is 0 Å². The zero-order chi connectivity index (χ0) is 12.3. The number of methoxy groups -OCH3 is 1. The van der Waals surface area contributed by atoms with E-state index in [4.69, 9.17) is 4.74 Å². The number of benzene rings is 1. The molecule has 1 aromatic heterocycles. The molecule has 0 aliphatic heterocycles. The number of ether oxygens (including phenoxy) is 1. The van der Waals surface area contributed by atoms with Gasteiger partial charge in [0.15, 0.2) is 0 Å². The van der Waals surface area contributed by atoms with Crippen molar-refractivity contribution in [2.75, 3.05) is 14.2 Å². The van der Waals surface area contributed by atoms with Crippen LogP contribution >= 0.6 is 27.3 Å². The molecule has 0 spiro atoms. The first-order chi connectivity index (χ1) is 8.26. The predicted molar refractivity (Wildman–Crippen MR) is 76.8 cm³/mol. The summed E-state index contributed by atoms with van der Waals surface area (Å²) in [4.78, 5) is 0. The lowest BCUT2D eigenvalue weighted by atomic mass is 10.0. The molecule has 1 aromatic carbocycles. The van der Waals surface area contributed by atoms with Crippen LogP contribution in [-0.2, 0) is 6.54 Å². The molecule has 0 fully saturated rings. The molecule has 0 unspecified atom stereocenters. The van der Waals surface area contributed by atoms with Crippen LogP contribution in [0.1, 0.15) is 5.56 Å². The Kier molecular flexibility index (Phi) is 4.20. The fraction of sp³-hybridized carbons (Fsp3) is 0.231. The maximum Gasteiger partial charge on any atom is 0.119 e. The standard InChI is InChI=1S/C13H14BrNOS/c1-15-6-9-5-10(16-2)3-4-11(9)12-7-17-8-13(12)14/h3-5,7-8,15H,6H2,1-2H3. The summed E-state index contributed by atoms with van der Waals surface area (Å²) in [6.45, 7) is 0.828. The number of thiophene rings is 1. The van der Waals surface area contributed by atoms with Gasteiger partial charge in [-0.05, 0) is 51.6 Å². The van der Waals surface area contributed by atoms with Crippen molar-refractivity contribution in [1.82, 2.24) is 5.32 Å². The van der Waals surface area contributed by atoms with Gasteiger partial charge < -0.3 is 10.1 Å². The minimum absolute atomic E-state index is 0.828. The molecule has 0 aliphatic rings. The Morgan fingerprint density at radius 3 is 2.71 bits per heavy atom. The lowest BCUT2D eigenvalue weighted by molar-refractivity contribution is 0.414. The molecule has 0 saturated heterocycles. The van der Waals surface area contributed by atoms with Crippen molar-refractivity contribution < 1.29 is 4.74 Å². The molecule has 1 heterocycles. The monoisotopic (exact) mass is 311 g/mol. The van der Waals surface area contributed by atoms with Crippen molar-refractivity contribution in [3.05, 3.63) is 39.0 Å². The van der Waals surface area contributed by atoms with Crippen LogP contribution in [0.3, 0.4) is 0 Å². The van der Waals surface area contributed by atoms with Crippen molar-refractivity contribution in [2.24, 2.45) is 0 Å². The molecule has 0 radical (unpaired) electrons. The van der Waals surface area contributed by atoms with Gasteiger partial charge in [-0.3, -0.25) is 0 Å². The zero-order valence-corrected chi connectivity index (χ0v) is 12.2. The number of nitrogens with one attached hydrogen (secondary N) is 1. The van der Waals surface area contributed by atoms with Gasteiger partial charge in [-0.15, -0.1) is 0 Å². The normalized spacial score (nSPS) is 10.5. The van der Waals surface area contributed by atoms with Gasteiger partial charge in [-0.2, -0.15) is 11.3 Å². The van der Waals surface area contributed by atoms with Gasteiger partial charge in [-0.25, -0.2) is 0 Å². The van der Waals surface area contributed by atoms with Crippen LogP contribution < -0.4 is 10.1 Å². The van der Waals surface area contributed by atoms with E-state index in [-0.39, 0.29) is 0 Å². The van der Waals surface area contributed by atoms with Gasteiger partial charge in [0.05, 0.1) is 7.11 Å². The molecule has 17 heavy (non-hydrogen) atoms. The fourth-order valence-electron chi connectivity index (χ4n) is 1.77. The van der Waals surface area contributed by atoms with E-state index in [0.717, 1.165) is 16.8 Å². The average Bonchev–Trinajstić information content (AvgIpc) is 2.76. The topological polar surface area (TPSA) is 21.3 Å². The Balaban J connectivity index is 2.49. The molecule has 0 saturated carbocycles. The van der Waals surface area contributed by atoms with E-state index in [9.17, 15) is 0 Å². The maximum absolute atomic E-state index is 5.27. The third-order valence-corrected chi connectivity index (χ3v) is 4.29. The average molecular weight is 312 g/mol. The highest BCUT2D eigenvalue weighted by Crippen LogP contribution is 2.35. The van der Waals surface area contributed by atoms with Crippen LogP contribution in [0.25, 0.3) is 11.1 Å². The number of hydrogen-bond donors (Lipinski definition) is 1. The molecule has 4 heteroatoms. The van der Waals surface area contributed by atoms with Gasteiger partial charge in [0, 0.05) is 22.0 Å². The molecule has 90 valence electrons. The van der Waals surface area contributed by atoms with E-state index in [0.29, 0.717) is 0 Å². The quantitative estimate of drug-likeness (QED) is 0.924. The number of rotatable bonds is 4. The van der Waals surface area contributed by atoms with Gasteiger partial charge >= 0.3 is 0 Å². The molecule has 2 rings (SSSR count). The first-order valence-electron chi connectivity index (χ1n) is 5.30. The van der Waals surface area contributed by atoms with Gasteiger partial charge in [-0.1, -0.05) is 6.07 Å². The summed E-state index contributed by atoms with van der Waals surface area (Å²) in [5.74, 6) is 0.894. The molecule has 0 aliphatic carbocycles. The third kappa shape index (κ3) is 2.70. The molecule has 2 nitrogen and oxygen atoms in total. The minimum Gasteiger partial charge on any atom is -0.497 e. The Morgan fingerprint density at radius 1 is 1.29 bits per heavy atom. The van der Waals surface area contributed by atoms with Crippen LogP contribution in [0.15, 0.2) is 33.4 Å². The second-order valence-electron chi connectivity index (χ2n) is 3.69. The molecular weight excluding hydrogens is 298 g/mol. The van der Waals surface area contributed by atoms with Crippen LogP contribution in [0, 0.1) is 0 Å². The first-order valence-corrected chi connectivity index (χ1v) is 7.03. The molecule has 0 amide bonds. The van der Waals surface area contributed by atoms with E-state index < -0.39 is 0 Å². The highest BCUT2D eigenvalue weighted by atomic mass is 79.9. The Bertz CT molecular complexity index is 510. The highest BCUT2D eigenvalue weighted by molar-refractivity contribution is 9.10. The van der Waals surface area contributed by atoms with Crippen molar-refractivity contribution in [2.45, 2.75) is 6.54 Å². The summed E-state index contributed by atoms with van der Waals surface area (Å²) in [5.41, 5.74) is 3.72. The number of hydrogen-bond acceptors (Lipinski definition) is 3. The molecule has 0 bridgehead atoms. The van der Waals surface area contributed by atoms with Gasteiger partial charge in [0.25, 0.3) is 0 Å². The van der Waals surface area contributed by atoms with Crippen molar-refractivity contribution in [3.8, 4) is 16.9 Å². The highest BCUT2D eigenvalue weighted by Gasteiger charge is 2.10. The number of halogens is 1. The van der Waals surface area contributed by atoms with Crippen LogP contribution in [0.5, 0.6) is 5.75 Å². The Labute approximate surface area is 114 Å². The Morgan fingerprint density at radius 2 is 2.12 bits per heavy atom. The van der Waals surface area contributed by atoms with Crippen molar-refractivity contribution in [3.63, 3.8) is 0 Å². The van der Waals surface area contributed by atoms with Crippen LogP contribution in [0.2, 0.25) is 0 Å². The van der Waals surface area contributed by atoms with Gasteiger partial charge in [0.1, 0.15) is 5.75 Å². The smallest absolute Gasteiger partial charge is 0.119 e. The summed E-state index contributed by atoms with van der Waals surface area (Å²) < 4.78 is 6.41. The lowest BCUT2D eigenvalue weighted by Crippen LogP contribution is -2.06. The molecular formula is C13H14BrNOS. The third-order valence-electron chi connectivity index (χ3n) is 2.58. The van der Waals surface area contributed by atoms with Crippen LogP contribution in [-0.4, -0.2) is 14.2 Å². The largest absolute Gasteiger partial charge is 0.497 e. The van der Waals surface area contributed by atoms with E-state index in [2.05, 4.69) is 44.1 Å². The SMILES string of the molecule is CNCc1cc(OC)ccc1-c1cscc1Br. The maximum atomic E-state index is 5.27. The molecule has 1 N–H and O–H groups in total. The van der Waals surface area contributed by atoms with E-state index in [1.807, 2.05) is 13.1 Å². The van der Waals surface area contributed by atoms with E-state index in [1.165, 1.54) is 16.7 Å². The summed E-state index contributed by atoms with van der Waals surface area (Å²) in [5, 5.41) is 7.45. The van der Waals surface area contributed by atoms with Crippen molar-refractivity contribution in [1.29, 1.82) is 0 Å². The van der Waals surface area contributed by atoms with Crippen molar-refractivity contribution >= 4 is 27.3 Å². The summed E-state index contributed by atoms with van der Waals surface area (Å²) in [6.07, 6.45) is 0. The predicted octanol–water partition coefficient (Wildman–Crippen LogP) is 3.91. The lowest BCUT2D eigenvalue weighted by Gasteiger charge is -2.11. The van der Waals surface area contributed by atoms with E-state index >= 15 is 0 Å². The summed E-state index contributed by atoms with van der Waals surface area (Å²) in [7, 11) is 3.64.